The van der Waals surface area contributed by atoms with Crippen LogP contribution in [0.5, 0.6) is 0 Å². The molecule has 4 heterocycles. The van der Waals surface area contributed by atoms with Crippen LogP contribution >= 0.6 is 0 Å². The Labute approximate surface area is 216 Å². The number of nitrogens with zero attached hydrogens (tertiary/aromatic N) is 4. The average molecular weight is 478 g/mol. The molecule has 0 unspecified atom stereocenters. The van der Waals surface area contributed by atoms with Crippen LogP contribution in [0.3, 0.4) is 0 Å². The lowest BCUT2D eigenvalue weighted by Gasteiger charge is -2.10. The van der Waals surface area contributed by atoms with E-state index in [2.05, 4.69) is 87.6 Å². The van der Waals surface area contributed by atoms with Gasteiger partial charge in [0.05, 0.1) is 17.1 Å². The minimum Gasteiger partial charge on any atom is -0.265 e. The summed E-state index contributed by atoms with van der Waals surface area (Å²) in [5.41, 5.74) is 9.63. The minimum atomic E-state index is 0.807. The fourth-order valence-corrected chi connectivity index (χ4v) is 4.41. The van der Waals surface area contributed by atoms with Crippen LogP contribution in [0.1, 0.15) is 5.56 Å². The van der Waals surface area contributed by atoms with Crippen LogP contribution < -0.4 is 4.57 Å². The smallest absolute Gasteiger partial charge is 0.173 e. The van der Waals surface area contributed by atoms with E-state index in [9.17, 15) is 0 Å². The summed E-state index contributed by atoms with van der Waals surface area (Å²) in [6.07, 6.45) is 9.70. The van der Waals surface area contributed by atoms with Gasteiger partial charge >= 0.3 is 0 Å². The van der Waals surface area contributed by atoms with Gasteiger partial charge in [-0.1, -0.05) is 60.7 Å². The van der Waals surface area contributed by atoms with E-state index in [4.69, 9.17) is 4.98 Å². The Bertz CT molecular complexity index is 1540. The number of aromatic nitrogens is 4. The molecular weight excluding hydrogens is 452 g/mol. The van der Waals surface area contributed by atoms with Crippen LogP contribution in [-0.2, 0) is 6.54 Å². The average Bonchev–Trinajstić information content (AvgIpc) is 2.99. The first kappa shape index (κ1) is 22.5. The number of rotatable bonds is 6. The van der Waals surface area contributed by atoms with Crippen molar-refractivity contribution in [2.75, 3.05) is 0 Å². The zero-order chi connectivity index (χ0) is 24.9. The molecule has 0 saturated carbocycles. The number of benzene rings is 2. The van der Waals surface area contributed by atoms with E-state index in [-0.39, 0.29) is 0 Å². The first-order valence-electron chi connectivity index (χ1n) is 12.3. The Hall–Kier alpha value is -4.96. The van der Waals surface area contributed by atoms with Crippen molar-refractivity contribution in [1.29, 1.82) is 0 Å². The summed E-state index contributed by atoms with van der Waals surface area (Å²) >= 11 is 0. The Kier molecular flexibility index (Phi) is 6.29. The minimum absolute atomic E-state index is 0.807. The maximum atomic E-state index is 4.93. The van der Waals surface area contributed by atoms with Gasteiger partial charge < -0.3 is 0 Å². The van der Waals surface area contributed by atoms with E-state index < -0.39 is 0 Å². The first-order valence-corrected chi connectivity index (χ1v) is 12.3. The lowest BCUT2D eigenvalue weighted by Crippen LogP contribution is -2.32. The Balaban J connectivity index is 1.28. The standard InChI is InChI=1S/C33H25N4/c1-2-6-29(7-3-1)32-22-30(23-33(36-32)31-8-4-5-17-35-31)26-11-9-25(10-12-26)24-37-20-15-28(16-21-37)27-13-18-34-19-14-27/h1-23H,24H2/q+1. The highest BCUT2D eigenvalue weighted by atomic mass is 14.9. The van der Waals surface area contributed by atoms with Crippen LogP contribution in [0.4, 0.5) is 0 Å². The van der Waals surface area contributed by atoms with Gasteiger partial charge in [-0.05, 0) is 58.7 Å². The third-order valence-electron chi connectivity index (χ3n) is 6.38. The van der Waals surface area contributed by atoms with E-state index in [1.807, 2.05) is 67.1 Å². The second kappa shape index (κ2) is 10.3. The van der Waals surface area contributed by atoms with Gasteiger partial charge in [0.1, 0.15) is 0 Å². The largest absolute Gasteiger partial charge is 0.265 e. The Morgan fingerprint density at radius 1 is 0.486 bits per heavy atom. The third-order valence-corrected chi connectivity index (χ3v) is 6.38. The second-order valence-electron chi connectivity index (χ2n) is 8.90. The molecule has 0 atom stereocenters. The van der Waals surface area contributed by atoms with Crippen LogP contribution in [0.2, 0.25) is 0 Å². The van der Waals surface area contributed by atoms with Crippen LogP contribution in [0, 0.1) is 0 Å². The van der Waals surface area contributed by atoms with Gasteiger partial charge in [-0.2, -0.15) is 0 Å². The first-order chi connectivity index (χ1) is 18.3. The van der Waals surface area contributed by atoms with Gasteiger partial charge in [-0.25, -0.2) is 9.55 Å². The molecule has 6 rings (SSSR count). The second-order valence-corrected chi connectivity index (χ2v) is 8.90. The van der Waals surface area contributed by atoms with Crippen molar-refractivity contribution < 1.29 is 4.57 Å². The topological polar surface area (TPSA) is 42.5 Å². The Morgan fingerprint density at radius 3 is 1.89 bits per heavy atom. The lowest BCUT2D eigenvalue weighted by molar-refractivity contribution is -0.688. The molecule has 0 N–H and O–H groups in total. The fourth-order valence-electron chi connectivity index (χ4n) is 4.41. The highest BCUT2D eigenvalue weighted by Gasteiger charge is 2.10. The van der Waals surface area contributed by atoms with E-state index >= 15 is 0 Å². The van der Waals surface area contributed by atoms with Crippen LogP contribution in [-0.4, -0.2) is 15.0 Å². The van der Waals surface area contributed by atoms with Crippen molar-refractivity contribution >= 4 is 0 Å². The fraction of sp³-hybridized carbons (Fsp3) is 0.0303. The molecule has 2 aromatic carbocycles. The van der Waals surface area contributed by atoms with E-state index in [1.165, 1.54) is 16.7 Å². The maximum absolute atomic E-state index is 4.93. The third kappa shape index (κ3) is 5.19. The van der Waals surface area contributed by atoms with Crippen LogP contribution in [0.15, 0.2) is 140 Å². The Morgan fingerprint density at radius 2 is 1.16 bits per heavy atom. The van der Waals surface area contributed by atoms with Crippen molar-refractivity contribution in [2.45, 2.75) is 6.54 Å². The molecule has 6 aromatic rings. The number of pyridine rings is 4. The van der Waals surface area contributed by atoms with E-state index in [0.29, 0.717) is 0 Å². The molecule has 176 valence electrons. The van der Waals surface area contributed by atoms with Crippen molar-refractivity contribution in [3.05, 3.63) is 146 Å². The molecule has 4 heteroatoms. The predicted molar refractivity (Wildman–Crippen MR) is 147 cm³/mol. The number of hydrogen-bond donors (Lipinski definition) is 0. The molecule has 0 aliphatic heterocycles. The normalized spacial score (nSPS) is 10.8. The summed E-state index contributed by atoms with van der Waals surface area (Å²) in [6.45, 7) is 0.807. The monoisotopic (exact) mass is 477 g/mol. The van der Waals surface area contributed by atoms with Gasteiger partial charge in [0, 0.05) is 41.9 Å². The van der Waals surface area contributed by atoms with Crippen molar-refractivity contribution in [1.82, 2.24) is 15.0 Å². The highest BCUT2D eigenvalue weighted by molar-refractivity contribution is 5.75. The zero-order valence-electron chi connectivity index (χ0n) is 20.3. The quantitative estimate of drug-likeness (QED) is 0.246. The molecule has 0 amide bonds. The van der Waals surface area contributed by atoms with Crippen molar-refractivity contribution in [2.24, 2.45) is 0 Å². The molecule has 0 fully saturated rings. The van der Waals surface area contributed by atoms with Crippen molar-refractivity contribution in [3.63, 3.8) is 0 Å². The molecule has 0 radical (unpaired) electrons. The lowest BCUT2D eigenvalue weighted by atomic mass is 10.00. The summed E-state index contributed by atoms with van der Waals surface area (Å²) < 4.78 is 2.19. The molecule has 0 saturated heterocycles. The molecule has 0 aliphatic carbocycles. The summed E-state index contributed by atoms with van der Waals surface area (Å²) in [4.78, 5) is 13.6. The molecule has 0 bridgehead atoms. The molecule has 4 nitrogen and oxygen atoms in total. The molecule has 37 heavy (non-hydrogen) atoms. The van der Waals surface area contributed by atoms with Gasteiger partial charge in [-0.15, -0.1) is 0 Å². The predicted octanol–water partition coefficient (Wildman–Crippen LogP) is 6.88. The van der Waals surface area contributed by atoms with Crippen LogP contribution in [0.25, 0.3) is 44.9 Å². The van der Waals surface area contributed by atoms with Gasteiger partial charge in [0.15, 0.2) is 18.9 Å². The molecule has 0 spiro atoms. The van der Waals surface area contributed by atoms with E-state index in [0.717, 1.165) is 40.3 Å². The van der Waals surface area contributed by atoms with E-state index in [1.54, 1.807) is 0 Å². The van der Waals surface area contributed by atoms with Gasteiger partial charge in [0.2, 0.25) is 0 Å². The summed E-state index contributed by atoms with van der Waals surface area (Å²) in [5, 5.41) is 0. The molecule has 0 aliphatic rings. The maximum Gasteiger partial charge on any atom is 0.173 e. The molecule has 4 aromatic heterocycles. The summed E-state index contributed by atoms with van der Waals surface area (Å²) in [7, 11) is 0. The highest BCUT2D eigenvalue weighted by Crippen LogP contribution is 2.29. The van der Waals surface area contributed by atoms with Crippen molar-refractivity contribution in [3.8, 4) is 44.9 Å². The summed E-state index contributed by atoms with van der Waals surface area (Å²) in [6, 6.07) is 37.6. The summed E-state index contributed by atoms with van der Waals surface area (Å²) in [5.74, 6) is 0. The molecular formula is C33H25N4+. The zero-order valence-corrected chi connectivity index (χ0v) is 20.3. The van der Waals surface area contributed by atoms with Gasteiger partial charge in [-0.3, -0.25) is 9.97 Å². The number of hydrogen-bond acceptors (Lipinski definition) is 3. The SMILES string of the molecule is c1ccc(-c2cc(-c3ccc(C[n+]4ccc(-c5ccncc5)cc4)cc3)cc(-c3ccccn3)n2)cc1. The van der Waals surface area contributed by atoms with Gasteiger partial charge in [0.25, 0.3) is 0 Å².